The lowest BCUT2D eigenvalue weighted by Gasteiger charge is -2.44. The molecule has 81 heavy (non-hydrogen) atoms. The molecule has 2 unspecified atom stereocenters. The van der Waals surface area contributed by atoms with Gasteiger partial charge in [0, 0.05) is 80.7 Å². The van der Waals surface area contributed by atoms with E-state index in [2.05, 4.69) is 41.3 Å². The van der Waals surface area contributed by atoms with E-state index in [4.69, 9.17) is 4.52 Å². The van der Waals surface area contributed by atoms with Crippen LogP contribution in [-0.4, -0.2) is 124 Å². The molecule has 6 N–H and O–H groups in total. The van der Waals surface area contributed by atoms with E-state index in [0.717, 1.165) is 22.2 Å². The van der Waals surface area contributed by atoms with Crippen molar-refractivity contribution < 1.29 is 51.2 Å². The molecule has 0 spiro atoms. The van der Waals surface area contributed by atoms with Crippen molar-refractivity contribution in [3.8, 4) is 21.6 Å². The van der Waals surface area contributed by atoms with Crippen LogP contribution in [0.15, 0.2) is 93.8 Å². The number of carbonyl (C=O) groups excluding carboxylic acids is 5. The Morgan fingerprint density at radius 3 is 2.21 bits per heavy atom. The SMILES string of the molecule is Cc1cc(C(C(=O)N2C[C@H](O)C[C@H]2C(=O)NC(CC(=O)NCCCCNC(=O)c2ccc(-c3ccc(N4C[C@@H](C)N(C)[C@@H](C)C4)c(NC(=O)c4c[nH]c(=O)cc4C(F)(F)F)c3)c(F)c2)c2ccc(-c3scnc3C)cc2)C(C)C)on1. The third-order valence-electron chi connectivity index (χ3n) is 15.0. The third-order valence-corrected chi connectivity index (χ3v) is 15.9. The maximum absolute atomic E-state index is 16.0. The average Bonchev–Trinajstić information content (AvgIpc) is 4.39. The minimum absolute atomic E-state index is 0.00457. The number of H-pyrrole nitrogens is 1. The number of unbranched alkanes of at least 4 members (excludes halogenated alkanes) is 1. The lowest BCUT2D eigenvalue weighted by Crippen LogP contribution is -2.55. The van der Waals surface area contributed by atoms with Crippen LogP contribution in [0, 0.1) is 25.6 Å². The number of aliphatic hydroxyl groups is 1. The summed E-state index contributed by atoms with van der Waals surface area (Å²) in [5.74, 6) is -4.38. The number of halogens is 4. The van der Waals surface area contributed by atoms with E-state index in [1.54, 1.807) is 30.6 Å². The van der Waals surface area contributed by atoms with Crippen LogP contribution < -0.4 is 31.7 Å². The number of pyridine rings is 1. The molecule has 5 heterocycles. The van der Waals surface area contributed by atoms with Crippen molar-refractivity contribution in [3.63, 3.8) is 0 Å². The van der Waals surface area contributed by atoms with E-state index in [1.807, 2.05) is 70.8 Å². The molecule has 5 amide bonds. The maximum Gasteiger partial charge on any atom is 0.417 e. The van der Waals surface area contributed by atoms with Crippen LogP contribution in [0.3, 0.4) is 0 Å². The first kappa shape index (κ1) is 59.4. The fourth-order valence-corrected chi connectivity index (χ4v) is 11.2. The van der Waals surface area contributed by atoms with E-state index >= 15 is 4.39 Å². The number of aryl methyl sites for hydroxylation is 2. The topological polar surface area (TPSA) is 235 Å². The van der Waals surface area contributed by atoms with Crippen molar-refractivity contribution in [3.05, 3.63) is 140 Å². The number of rotatable bonds is 19. The molecule has 0 bridgehead atoms. The number of alkyl halides is 3. The number of aromatic amines is 1. The molecule has 2 fully saturated rings. The first-order valence-electron chi connectivity index (χ1n) is 26.8. The van der Waals surface area contributed by atoms with Gasteiger partial charge in [-0.1, -0.05) is 55.4 Å². The minimum atomic E-state index is -5.01. The molecule has 18 nitrogen and oxygen atoms in total. The van der Waals surface area contributed by atoms with Crippen molar-refractivity contribution in [2.45, 2.75) is 110 Å². The van der Waals surface area contributed by atoms with E-state index in [-0.39, 0.29) is 84.7 Å². The van der Waals surface area contributed by atoms with Gasteiger partial charge in [-0.05, 0) is 94.5 Å². The van der Waals surface area contributed by atoms with Gasteiger partial charge in [-0.3, -0.25) is 33.7 Å². The molecule has 0 saturated carbocycles. The summed E-state index contributed by atoms with van der Waals surface area (Å²) in [5, 5.41) is 26.0. The Kier molecular flexibility index (Phi) is 18.6. The normalized spacial score (nSPS) is 18.4. The first-order chi connectivity index (χ1) is 38.5. The number of amides is 5. The van der Waals surface area contributed by atoms with E-state index in [1.165, 1.54) is 34.4 Å². The summed E-state index contributed by atoms with van der Waals surface area (Å²) in [6.07, 6.45) is -4.55. The van der Waals surface area contributed by atoms with Gasteiger partial charge < -0.3 is 45.7 Å². The molecule has 6 aromatic rings. The van der Waals surface area contributed by atoms with E-state index < -0.39 is 70.5 Å². The highest BCUT2D eigenvalue weighted by molar-refractivity contribution is 7.13. The molecule has 3 aromatic carbocycles. The minimum Gasteiger partial charge on any atom is -0.391 e. The van der Waals surface area contributed by atoms with Gasteiger partial charge in [0.05, 0.1) is 62.8 Å². The van der Waals surface area contributed by atoms with Crippen molar-refractivity contribution in [2.24, 2.45) is 5.92 Å². The van der Waals surface area contributed by atoms with Gasteiger partial charge in [0.1, 0.15) is 23.5 Å². The number of benzene rings is 3. The second-order valence-electron chi connectivity index (χ2n) is 21.2. The quantitative estimate of drug-likeness (QED) is 0.0335. The predicted molar refractivity (Wildman–Crippen MR) is 298 cm³/mol. The Balaban J connectivity index is 0.890. The van der Waals surface area contributed by atoms with Crippen LogP contribution in [0.2, 0.25) is 0 Å². The number of nitrogens with zero attached hydrogens (tertiary/aromatic N) is 5. The van der Waals surface area contributed by atoms with Crippen molar-refractivity contribution in [1.82, 2.24) is 40.9 Å². The molecule has 0 radical (unpaired) electrons. The molecule has 6 atom stereocenters. The average molecular weight is 1140 g/mol. The maximum atomic E-state index is 16.0. The zero-order chi connectivity index (χ0) is 58.4. The molecule has 430 valence electrons. The van der Waals surface area contributed by atoms with Crippen molar-refractivity contribution in [2.75, 3.05) is 50.0 Å². The Morgan fingerprint density at radius 2 is 1.58 bits per heavy atom. The molecular weight excluding hydrogens is 1070 g/mol. The monoisotopic (exact) mass is 1140 g/mol. The number of anilines is 2. The Bertz CT molecular complexity index is 3320. The third kappa shape index (κ3) is 14.1. The van der Waals surface area contributed by atoms with E-state index in [0.29, 0.717) is 60.9 Å². The molecule has 2 saturated heterocycles. The summed E-state index contributed by atoms with van der Waals surface area (Å²) < 4.78 is 63.5. The molecule has 0 aliphatic carbocycles. The highest BCUT2D eigenvalue weighted by atomic mass is 32.1. The van der Waals surface area contributed by atoms with Gasteiger partial charge in [0.15, 0.2) is 0 Å². The number of likely N-dealkylation sites (tertiary alicyclic amines) is 1. The summed E-state index contributed by atoms with van der Waals surface area (Å²) in [5.41, 5.74) is 2.44. The number of hydrogen-bond donors (Lipinski definition) is 6. The number of β-amino-alcohol motifs (C(OH)–C–C–N with tert-alkyl or cyclic N) is 1. The Labute approximate surface area is 469 Å². The molecule has 23 heteroatoms. The van der Waals surface area contributed by atoms with Crippen LogP contribution in [0.25, 0.3) is 21.6 Å². The summed E-state index contributed by atoms with van der Waals surface area (Å²) >= 11 is 1.49. The number of likely N-dealkylation sites (N-methyl/N-ethyl adjacent to an activating group) is 1. The number of aliphatic hydroxyl groups excluding tert-OH is 1. The molecule has 2 aliphatic heterocycles. The number of aromatic nitrogens is 3. The van der Waals surface area contributed by atoms with Crippen LogP contribution >= 0.6 is 11.3 Å². The summed E-state index contributed by atoms with van der Waals surface area (Å²) in [6, 6.07) is 16.3. The predicted octanol–water partition coefficient (Wildman–Crippen LogP) is 7.98. The van der Waals surface area contributed by atoms with Crippen LogP contribution in [0.1, 0.15) is 114 Å². The molecular formula is C58H66F4N10O8S. The summed E-state index contributed by atoms with van der Waals surface area (Å²) in [4.78, 5) is 93.6. The second kappa shape index (κ2) is 25.4. The fraction of sp³-hybridized carbons (Fsp3) is 0.414. The lowest BCUT2D eigenvalue weighted by atomic mass is 9.91. The van der Waals surface area contributed by atoms with Gasteiger partial charge in [0.25, 0.3) is 11.8 Å². The largest absolute Gasteiger partial charge is 0.417 e. The molecule has 3 aromatic heterocycles. The number of thiazole rings is 1. The number of nitrogens with one attached hydrogen (secondary N) is 5. The highest BCUT2D eigenvalue weighted by Gasteiger charge is 2.44. The smallest absolute Gasteiger partial charge is 0.391 e. The first-order valence-corrected chi connectivity index (χ1v) is 27.6. The highest BCUT2D eigenvalue weighted by Crippen LogP contribution is 2.38. The van der Waals surface area contributed by atoms with Crippen molar-refractivity contribution in [1.29, 1.82) is 0 Å². The zero-order valence-electron chi connectivity index (χ0n) is 45.9. The molecule has 8 rings (SSSR count). The van der Waals surface area contributed by atoms with Crippen LogP contribution in [-0.2, 0) is 20.6 Å². The summed E-state index contributed by atoms with van der Waals surface area (Å²) in [6.45, 7) is 12.8. The zero-order valence-corrected chi connectivity index (χ0v) is 46.8. The Morgan fingerprint density at radius 1 is 0.889 bits per heavy atom. The number of piperazine rings is 1. The van der Waals surface area contributed by atoms with Gasteiger partial charge in [-0.25, -0.2) is 9.37 Å². The van der Waals surface area contributed by atoms with Crippen molar-refractivity contribution >= 4 is 52.2 Å². The van der Waals surface area contributed by atoms with Gasteiger partial charge in [0.2, 0.25) is 23.3 Å². The second-order valence-corrected chi connectivity index (χ2v) is 22.1. The number of hydrogen-bond acceptors (Lipinski definition) is 13. The summed E-state index contributed by atoms with van der Waals surface area (Å²) in [7, 11) is 1.98. The molecule has 2 aliphatic rings. The van der Waals surface area contributed by atoms with Gasteiger partial charge in [-0.2, -0.15) is 13.2 Å². The van der Waals surface area contributed by atoms with Gasteiger partial charge in [-0.15, -0.1) is 11.3 Å². The fourth-order valence-electron chi connectivity index (χ4n) is 10.4. The van der Waals surface area contributed by atoms with Gasteiger partial charge >= 0.3 is 6.18 Å². The lowest BCUT2D eigenvalue weighted by molar-refractivity contribution is -0.141. The van der Waals surface area contributed by atoms with E-state index in [9.17, 15) is 47.0 Å². The Hall–Kier alpha value is -7.76. The van der Waals surface area contributed by atoms with Crippen LogP contribution in [0.4, 0.5) is 28.9 Å². The van der Waals surface area contributed by atoms with Crippen LogP contribution in [0.5, 0.6) is 0 Å². The number of carbonyl (C=O) groups is 5. The standard InChI is InChI=1S/C58H66F4N10O8S/c1-31(2)52(49-20-32(3)69-80-49)57(79)72-29-40(73)23-48(72)56(78)67-45(36-10-12-37(13-11-36)53-35(6)66-30-81-53)25-51(75)63-18-8-9-19-64-54(76)39-14-16-41(44(59)21-39)38-15-17-47(71-27-33(4)70(7)34(5)28-71)46(22-38)68-55(77)42-26-65-50(74)24-43(42)58(60,61)62/h10-17,20-22,24,26,30-31,33-34,40,45,48,52,73H,8-9,18-19,23,25,27-29H2,1-7H3,(H,63,75)(H,64,76)(H,65,74)(H,67,78)(H,68,77)/t33-,34+,40-,45?,48+,52?/m1/s1.